The molecule has 2 N–H and O–H groups in total. The van der Waals surface area contributed by atoms with Crippen LogP contribution in [0, 0.1) is 11.8 Å². The number of benzene rings is 2. The number of nitrogens with one attached hydrogen (secondary N) is 2. The monoisotopic (exact) mass is 492 g/mol. The van der Waals surface area contributed by atoms with Gasteiger partial charge >= 0.3 is 0 Å². The highest BCUT2D eigenvalue weighted by Gasteiger charge is 2.48. The first-order valence-corrected chi connectivity index (χ1v) is 14.3. The smallest absolute Gasteiger partial charge is 0.224 e. The van der Waals surface area contributed by atoms with E-state index in [1.807, 2.05) is 0 Å². The van der Waals surface area contributed by atoms with Crippen LogP contribution in [0.2, 0.25) is 0 Å². The molecule has 0 radical (unpaired) electrons. The van der Waals surface area contributed by atoms with E-state index >= 15 is 0 Å². The summed E-state index contributed by atoms with van der Waals surface area (Å²) in [5.41, 5.74) is 1.53. The summed E-state index contributed by atoms with van der Waals surface area (Å²) in [6.07, 6.45) is 2.73. The maximum atomic E-state index is 12.6. The molecule has 0 saturated heterocycles. The van der Waals surface area contributed by atoms with Crippen molar-refractivity contribution >= 4 is 31.5 Å². The van der Waals surface area contributed by atoms with Crippen LogP contribution >= 0.6 is 0 Å². The van der Waals surface area contributed by atoms with Crippen molar-refractivity contribution < 1.29 is 26.4 Å². The molecule has 178 valence electrons. The number of carbonyl (C=O) groups is 2. The molecule has 3 rings (SSSR count). The van der Waals surface area contributed by atoms with Crippen molar-refractivity contribution in [3.05, 3.63) is 59.7 Å². The van der Waals surface area contributed by atoms with Crippen LogP contribution in [0.5, 0.6) is 0 Å². The second-order valence-electron chi connectivity index (χ2n) is 8.59. The Labute approximate surface area is 194 Å². The highest BCUT2D eigenvalue weighted by Crippen LogP contribution is 2.39. The largest absolute Gasteiger partial charge is 0.349 e. The third kappa shape index (κ3) is 6.20. The molecule has 0 aromatic heterocycles. The molecule has 0 unspecified atom stereocenters. The van der Waals surface area contributed by atoms with Crippen LogP contribution in [0.4, 0.5) is 0 Å². The predicted octanol–water partition coefficient (Wildman–Crippen LogP) is 2.18. The van der Waals surface area contributed by atoms with Gasteiger partial charge in [-0.3, -0.25) is 9.59 Å². The molecular weight excluding hydrogens is 464 g/mol. The maximum Gasteiger partial charge on any atom is 0.224 e. The van der Waals surface area contributed by atoms with Crippen LogP contribution in [0.3, 0.4) is 0 Å². The zero-order chi connectivity index (χ0) is 24.6. The lowest BCUT2D eigenvalue weighted by molar-refractivity contribution is -0.128. The van der Waals surface area contributed by atoms with E-state index in [4.69, 9.17) is 0 Å². The van der Waals surface area contributed by atoms with Gasteiger partial charge in [0, 0.05) is 12.5 Å². The number of carbonyl (C=O) groups excluding carboxylic acids is 2. The molecule has 2 amide bonds. The number of amides is 2. The first-order valence-electron chi connectivity index (χ1n) is 10.5. The number of hydrogen-bond acceptors (Lipinski definition) is 6. The van der Waals surface area contributed by atoms with E-state index in [0.717, 1.165) is 23.6 Å². The fraction of sp³-hybridized carbons (Fsp3) is 0.391. The van der Waals surface area contributed by atoms with Gasteiger partial charge in [-0.25, -0.2) is 16.8 Å². The molecule has 0 aliphatic heterocycles. The molecule has 1 aliphatic rings. The Bertz CT molecular complexity index is 1150. The van der Waals surface area contributed by atoms with Crippen LogP contribution < -0.4 is 10.6 Å². The van der Waals surface area contributed by atoms with Gasteiger partial charge < -0.3 is 10.6 Å². The van der Waals surface area contributed by atoms with Crippen LogP contribution in [-0.4, -0.2) is 41.2 Å². The van der Waals surface area contributed by atoms with Gasteiger partial charge in [0.1, 0.15) is 0 Å². The van der Waals surface area contributed by atoms with E-state index in [1.165, 1.54) is 24.3 Å². The Morgan fingerprint density at radius 1 is 0.697 bits per heavy atom. The molecule has 1 fully saturated rings. The van der Waals surface area contributed by atoms with Crippen molar-refractivity contribution in [2.75, 3.05) is 12.5 Å². The lowest BCUT2D eigenvalue weighted by Gasteiger charge is -2.16. The molecule has 2 aromatic carbocycles. The van der Waals surface area contributed by atoms with E-state index in [0.29, 0.717) is 6.42 Å². The normalized spacial score (nSPS) is 19.9. The summed E-state index contributed by atoms with van der Waals surface area (Å²) < 4.78 is 46.3. The van der Waals surface area contributed by atoms with Gasteiger partial charge in [0.15, 0.2) is 19.7 Å². The summed E-state index contributed by atoms with van der Waals surface area (Å²) in [5.74, 6) is -1.27. The van der Waals surface area contributed by atoms with E-state index < -0.39 is 31.5 Å². The third-order valence-corrected chi connectivity index (χ3v) is 8.05. The van der Waals surface area contributed by atoms with Crippen molar-refractivity contribution in [1.29, 1.82) is 0 Å². The maximum absolute atomic E-state index is 12.6. The zero-order valence-electron chi connectivity index (χ0n) is 18.9. The summed E-state index contributed by atoms with van der Waals surface area (Å²) in [6, 6.07) is 12.0. The van der Waals surface area contributed by atoms with Crippen LogP contribution in [0.25, 0.3) is 0 Å². The first kappa shape index (κ1) is 24.9. The van der Waals surface area contributed by atoms with Gasteiger partial charge in [-0.15, -0.1) is 0 Å². The quantitative estimate of drug-likeness (QED) is 0.582. The number of sulfone groups is 2. The molecule has 4 atom stereocenters. The lowest BCUT2D eigenvalue weighted by Crippen LogP contribution is -2.32. The van der Waals surface area contributed by atoms with Gasteiger partial charge in [0.2, 0.25) is 11.8 Å². The summed E-state index contributed by atoms with van der Waals surface area (Å²) in [6.45, 7) is 3.60. The lowest BCUT2D eigenvalue weighted by atomic mass is 10.1. The predicted molar refractivity (Wildman–Crippen MR) is 124 cm³/mol. The molecular formula is C23H28N2O6S2. The molecule has 2 aromatic rings. The zero-order valence-corrected chi connectivity index (χ0v) is 20.5. The van der Waals surface area contributed by atoms with Gasteiger partial charge in [-0.05, 0) is 55.7 Å². The first-order chi connectivity index (χ1) is 15.3. The molecule has 33 heavy (non-hydrogen) atoms. The standard InChI is InChI=1S/C23H28N2O6S2/c1-14(16-5-9-18(10-6-16)32(3,28)29)24-22(26)20-13-21(20)23(27)25-15(2)17-7-11-19(12-8-17)33(4,30)31/h5-12,14-15,20-21H,13H2,1-4H3,(H,24,26)(H,25,27)/t14-,15-,20+,21+/m0/s1. The molecule has 1 saturated carbocycles. The van der Waals surface area contributed by atoms with Crippen molar-refractivity contribution in [3.63, 3.8) is 0 Å². The van der Waals surface area contributed by atoms with Gasteiger partial charge in [0.05, 0.1) is 33.7 Å². The van der Waals surface area contributed by atoms with Crippen molar-refractivity contribution in [1.82, 2.24) is 10.6 Å². The van der Waals surface area contributed by atoms with Crippen molar-refractivity contribution in [3.8, 4) is 0 Å². The van der Waals surface area contributed by atoms with E-state index in [2.05, 4.69) is 10.6 Å². The highest BCUT2D eigenvalue weighted by atomic mass is 32.2. The second-order valence-corrected chi connectivity index (χ2v) is 12.6. The van der Waals surface area contributed by atoms with Crippen LogP contribution in [0.1, 0.15) is 43.5 Å². The van der Waals surface area contributed by atoms with Crippen LogP contribution in [0.15, 0.2) is 58.3 Å². The molecule has 8 nitrogen and oxygen atoms in total. The minimum atomic E-state index is -3.29. The fourth-order valence-corrected chi connectivity index (χ4v) is 4.85. The van der Waals surface area contributed by atoms with Gasteiger partial charge in [-0.2, -0.15) is 0 Å². The molecule has 0 spiro atoms. The summed E-state index contributed by atoms with van der Waals surface area (Å²) in [4.78, 5) is 25.6. The summed E-state index contributed by atoms with van der Waals surface area (Å²) in [5, 5.41) is 5.76. The second kappa shape index (κ2) is 9.26. The summed E-state index contributed by atoms with van der Waals surface area (Å²) >= 11 is 0. The Balaban J connectivity index is 1.53. The Morgan fingerprint density at radius 3 is 1.27 bits per heavy atom. The van der Waals surface area contributed by atoms with E-state index in [-0.39, 0.29) is 33.7 Å². The Hall–Kier alpha value is -2.72. The van der Waals surface area contributed by atoms with Gasteiger partial charge in [-0.1, -0.05) is 24.3 Å². The molecule has 10 heteroatoms. The third-order valence-electron chi connectivity index (χ3n) is 5.80. The van der Waals surface area contributed by atoms with Gasteiger partial charge in [0.25, 0.3) is 0 Å². The van der Waals surface area contributed by atoms with E-state index in [1.54, 1.807) is 38.1 Å². The van der Waals surface area contributed by atoms with E-state index in [9.17, 15) is 26.4 Å². The van der Waals surface area contributed by atoms with Crippen molar-refractivity contribution in [2.24, 2.45) is 11.8 Å². The molecule has 0 bridgehead atoms. The topological polar surface area (TPSA) is 126 Å². The van der Waals surface area contributed by atoms with Crippen molar-refractivity contribution in [2.45, 2.75) is 42.1 Å². The number of rotatable bonds is 8. The van der Waals surface area contributed by atoms with Crippen LogP contribution in [-0.2, 0) is 29.3 Å². The average molecular weight is 493 g/mol. The Morgan fingerprint density at radius 2 is 1.00 bits per heavy atom. The molecule has 1 aliphatic carbocycles. The minimum absolute atomic E-state index is 0.212. The highest BCUT2D eigenvalue weighted by molar-refractivity contribution is 7.91. The fourth-order valence-electron chi connectivity index (χ4n) is 3.59. The number of hydrogen-bond donors (Lipinski definition) is 2. The summed E-state index contributed by atoms with van der Waals surface area (Å²) in [7, 11) is -6.57. The SMILES string of the molecule is C[C@H](NC(=O)[C@@H]1C[C@H]1C(=O)N[C@@H](C)c1ccc(S(C)(=O)=O)cc1)c1ccc(S(C)(=O)=O)cc1. The average Bonchev–Trinajstić information content (AvgIpc) is 3.54. The molecule has 0 heterocycles. The Kier molecular flexibility index (Phi) is 6.99. The minimum Gasteiger partial charge on any atom is -0.349 e.